The quantitative estimate of drug-likeness (QED) is 0.579. The molecule has 10 heteroatoms. The van der Waals surface area contributed by atoms with Crippen LogP contribution in [0.2, 0.25) is 5.02 Å². The highest BCUT2D eigenvalue weighted by Gasteiger charge is 2.31. The minimum atomic E-state index is -3.68. The molecule has 1 unspecified atom stereocenters. The van der Waals surface area contributed by atoms with Gasteiger partial charge in [-0.2, -0.15) is 4.31 Å². The lowest BCUT2D eigenvalue weighted by molar-refractivity contribution is 0.0489. The Morgan fingerprint density at radius 3 is 2.52 bits per heavy atom. The first-order valence-corrected chi connectivity index (χ1v) is 12.2. The Labute approximate surface area is 186 Å². The van der Waals surface area contributed by atoms with Gasteiger partial charge in [0.25, 0.3) is 0 Å². The normalized spacial score (nSPS) is 17.6. The minimum Gasteiger partial charge on any atom is -0.491 e. The summed E-state index contributed by atoms with van der Waals surface area (Å²) in [4.78, 5) is 12.2. The second-order valence-corrected chi connectivity index (χ2v) is 11.9. The molecule has 1 aliphatic rings. The molecule has 1 heterocycles. The highest BCUT2D eigenvalue weighted by molar-refractivity contribution is 9.09. The van der Waals surface area contributed by atoms with Crippen molar-refractivity contribution in [1.82, 2.24) is 9.62 Å². The molecule has 0 spiro atoms. The van der Waals surface area contributed by atoms with Gasteiger partial charge in [-0.3, -0.25) is 0 Å². The smallest absolute Gasteiger partial charge is 0.407 e. The van der Waals surface area contributed by atoms with Crippen molar-refractivity contribution in [3.8, 4) is 5.75 Å². The van der Waals surface area contributed by atoms with Crippen molar-refractivity contribution in [1.29, 1.82) is 0 Å². The molecule has 7 nitrogen and oxygen atoms in total. The number of carbonyl (C=O) groups is 1. The molecule has 0 aromatic heterocycles. The van der Waals surface area contributed by atoms with Gasteiger partial charge in [-0.25, -0.2) is 13.2 Å². The number of halogens is 2. The molecule has 1 atom stereocenters. The summed E-state index contributed by atoms with van der Waals surface area (Å²) in [6.45, 7) is 8.29. The summed E-state index contributed by atoms with van der Waals surface area (Å²) in [7, 11) is -3.68. The fourth-order valence-electron chi connectivity index (χ4n) is 2.82. The first-order valence-electron chi connectivity index (χ1n) is 9.44. The summed E-state index contributed by atoms with van der Waals surface area (Å²) in [5, 5.41) is 3.17. The predicted molar refractivity (Wildman–Crippen MR) is 116 cm³/mol. The lowest BCUT2D eigenvalue weighted by Gasteiger charge is -2.32. The average molecular weight is 512 g/mol. The zero-order chi connectivity index (χ0) is 21.8. The molecule has 0 saturated carbocycles. The molecule has 1 amide bonds. The topological polar surface area (TPSA) is 84.9 Å². The van der Waals surface area contributed by atoms with E-state index in [0.29, 0.717) is 43.3 Å². The summed E-state index contributed by atoms with van der Waals surface area (Å²) in [5.41, 5.74) is -0.574. The van der Waals surface area contributed by atoms with E-state index in [1.165, 1.54) is 22.5 Å². The van der Waals surface area contributed by atoms with Gasteiger partial charge in [0.2, 0.25) is 10.0 Å². The maximum atomic E-state index is 13.0. The number of sulfonamides is 1. The van der Waals surface area contributed by atoms with Gasteiger partial charge in [0.05, 0.1) is 9.92 Å². The first kappa shape index (κ1) is 24.2. The number of alkyl halides is 1. The van der Waals surface area contributed by atoms with E-state index in [0.717, 1.165) is 0 Å². The third kappa shape index (κ3) is 7.31. The number of hydrogen-bond donors (Lipinski definition) is 1. The molecule has 1 saturated heterocycles. The van der Waals surface area contributed by atoms with Crippen molar-refractivity contribution in [3.05, 3.63) is 23.2 Å². The van der Waals surface area contributed by atoms with Crippen LogP contribution in [0.3, 0.4) is 0 Å². The largest absolute Gasteiger partial charge is 0.491 e. The maximum Gasteiger partial charge on any atom is 0.407 e. The maximum absolute atomic E-state index is 13.0. The number of rotatable bonds is 6. The van der Waals surface area contributed by atoms with Crippen LogP contribution >= 0.6 is 27.5 Å². The van der Waals surface area contributed by atoms with Gasteiger partial charge >= 0.3 is 6.09 Å². The highest BCUT2D eigenvalue weighted by Crippen LogP contribution is 2.30. The standard InChI is InChI=1S/C19H28BrClN2O5S/c1-13(20)12-27-17-11-15(5-6-16(17)21)29(25,26)23-9-7-14(8-10-23)22-18(24)28-19(2,3)4/h5-6,11,13-14H,7-10,12H2,1-4H3,(H,22,24). The van der Waals surface area contributed by atoms with E-state index in [4.69, 9.17) is 21.1 Å². The molecule has 1 aliphatic heterocycles. The number of amides is 1. The van der Waals surface area contributed by atoms with Crippen molar-refractivity contribution in [3.63, 3.8) is 0 Å². The highest BCUT2D eigenvalue weighted by atomic mass is 79.9. The van der Waals surface area contributed by atoms with E-state index in [-0.39, 0.29) is 15.8 Å². The number of nitrogens with zero attached hydrogens (tertiary/aromatic N) is 1. The van der Waals surface area contributed by atoms with Gasteiger partial charge in [-0.15, -0.1) is 0 Å². The molecular weight excluding hydrogens is 484 g/mol. The van der Waals surface area contributed by atoms with Gasteiger partial charge in [-0.05, 0) is 52.7 Å². The van der Waals surface area contributed by atoms with E-state index in [9.17, 15) is 13.2 Å². The molecular formula is C19H28BrClN2O5S. The van der Waals surface area contributed by atoms with Crippen LogP contribution in [0.4, 0.5) is 4.79 Å². The Kier molecular flexibility index (Phi) is 8.23. The third-order valence-corrected chi connectivity index (χ3v) is 6.65. The average Bonchev–Trinajstić information content (AvgIpc) is 2.59. The summed E-state index contributed by atoms with van der Waals surface area (Å²) in [6, 6.07) is 4.34. The zero-order valence-corrected chi connectivity index (χ0v) is 20.2. The summed E-state index contributed by atoms with van der Waals surface area (Å²) in [6.07, 6.45) is 0.534. The molecule has 1 fully saturated rings. The van der Waals surface area contributed by atoms with Crippen LogP contribution in [0, 0.1) is 0 Å². The van der Waals surface area contributed by atoms with E-state index in [2.05, 4.69) is 21.2 Å². The van der Waals surface area contributed by atoms with Crippen LogP contribution in [0.1, 0.15) is 40.5 Å². The number of piperidine rings is 1. The number of nitrogens with one attached hydrogen (secondary N) is 1. The Bertz CT molecular complexity index is 818. The minimum absolute atomic E-state index is 0.107. The molecule has 29 heavy (non-hydrogen) atoms. The van der Waals surface area contributed by atoms with Crippen LogP contribution in [-0.4, -0.2) is 55.0 Å². The SMILES string of the molecule is CC(Br)COc1cc(S(=O)(=O)N2CCC(NC(=O)OC(C)(C)C)CC2)ccc1Cl. The molecule has 164 valence electrons. The van der Waals surface area contributed by atoms with Crippen LogP contribution in [0.5, 0.6) is 5.75 Å². The predicted octanol–water partition coefficient (Wildman–Crippen LogP) is 4.18. The second kappa shape index (κ2) is 9.85. The van der Waals surface area contributed by atoms with Crippen molar-refractivity contribution in [2.24, 2.45) is 0 Å². The van der Waals surface area contributed by atoms with Crippen molar-refractivity contribution >= 4 is 43.6 Å². The molecule has 0 radical (unpaired) electrons. The fourth-order valence-corrected chi connectivity index (χ4v) is 4.61. The van der Waals surface area contributed by atoms with Crippen LogP contribution in [0.25, 0.3) is 0 Å². The number of benzene rings is 1. The Morgan fingerprint density at radius 2 is 1.97 bits per heavy atom. The van der Waals surface area contributed by atoms with Gasteiger partial charge in [0, 0.05) is 30.0 Å². The third-order valence-electron chi connectivity index (χ3n) is 4.18. The molecule has 1 aromatic rings. The van der Waals surface area contributed by atoms with Crippen LogP contribution < -0.4 is 10.1 Å². The summed E-state index contributed by atoms with van der Waals surface area (Å²) < 4.78 is 38.3. The Morgan fingerprint density at radius 1 is 1.34 bits per heavy atom. The van der Waals surface area contributed by atoms with E-state index in [1.54, 1.807) is 20.8 Å². The molecule has 1 N–H and O–H groups in total. The number of carbonyl (C=O) groups excluding carboxylic acids is 1. The Balaban J connectivity index is 2.01. The second-order valence-electron chi connectivity index (χ2n) is 8.01. The van der Waals surface area contributed by atoms with Gasteiger partial charge < -0.3 is 14.8 Å². The number of alkyl carbamates (subject to hydrolysis) is 1. The van der Waals surface area contributed by atoms with E-state index >= 15 is 0 Å². The van der Waals surface area contributed by atoms with Crippen molar-refractivity contribution in [2.45, 2.75) is 61.9 Å². The van der Waals surface area contributed by atoms with E-state index < -0.39 is 21.7 Å². The Hall–Kier alpha value is -1.03. The molecule has 0 bridgehead atoms. The van der Waals surface area contributed by atoms with Gasteiger partial charge in [0.1, 0.15) is 18.0 Å². The van der Waals surface area contributed by atoms with E-state index in [1.807, 2.05) is 6.92 Å². The van der Waals surface area contributed by atoms with Crippen LogP contribution in [-0.2, 0) is 14.8 Å². The molecule has 0 aliphatic carbocycles. The lowest BCUT2D eigenvalue weighted by atomic mass is 10.1. The molecule has 2 rings (SSSR count). The first-order chi connectivity index (χ1) is 13.4. The molecule has 1 aromatic carbocycles. The number of hydrogen-bond acceptors (Lipinski definition) is 5. The van der Waals surface area contributed by atoms with Gasteiger partial charge in [0.15, 0.2) is 0 Å². The van der Waals surface area contributed by atoms with Crippen molar-refractivity contribution in [2.75, 3.05) is 19.7 Å². The lowest BCUT2D eigenvalue weighted by Crippen LogP contribution is -2.47. The fraction of sp³-hybridized carbons (Fsp3) is 0.632. The zero-order valence-electron chi connectivity index (χ0n) is 17.1. The van der Waals surface area contributed by atoms with Gasteiger partial charge in [-0.1, -0.05) is 27.5 Å². The number of ether oxygens (including phenoxy) is 2. The monoisotopic (exact) mass is 510 g/mol. The summed E-state index contributed by atoms with van der Waals surface area (Å²) in [5.74, 6) is 0.334. The van der Waals surface area contributed by atoms with Crippen molar-refractivity contribution < 1.29 is 22.7 Å². The summed E-state index contributed by atoms with van der Waals surface area (Å²) >= 11 is 9.51. The van der Waals surface area contributed by atoms with Crippen LogP contribution in [0.15, 0.2) is 23.1 Å².